The molecule has 1 aromatic carbocycles. The summed E-state index contributed by atoms with van der Waals surface area (Å²) in [5.74, 6) is 0.608. The van der Waals surface area contributed by atoms with Gasteiger partial charge in [-0.1, -0.05) is 6.07 Å². The van der Waals surface area contributed by atoms with Crippen LogP contribution in [0, 0.1) is 5.92 Å². The van der Waals surface area contributed by atoms with Crippen molar-refractivity contribution in [2.24, 2.45) is 5.92 Å². The summed E-state index contributed by atoms with van der Waals surface area (Å²) in [6.07, 6.45) is 6.77. The number of carbonyl (C=O) groups excluding carboxylic acids is 1. The van der Waals surface area contributed by atoms with Crippen LogP contribution in [0.15, 0.2) is 30.6 Å². The van der Waals surface area contributed by atoms with E-state index in [1.807, 2.05) is 12.1 Å². The second-order valence-electron chi connectivity index (χ2n) is 5.49. The van der Waals surface area contributed by atoms with Gasteiger partial charge in [-0.05, 0) is 50.4 Å². The molecule has 3 rings (SSSR count). The third-order valence-electron chi connectivity index (χ3n) is 3.98. The number of piperidine rings is 1. The first-order valence-corrected chi connectivity index (χ1v) is 7.53. The van der Waals surface area contributed by atoms with Gasteiger partial charge in [-0.15, -0.1) is 12.4 Å². The molecule has 22 heavy (non-hydrogen) atoms. The highest BCUT2D eigenvalue weighted by atomic mass is 35.5. The molecular weight excluding hydrogens is 300 g/mol. The van der Waals surface area contributed by atoms with Crippen LogP contribution in [0.25, 0.3) is 11.0 Å². The van der Waals surface area contributed by atoms with Gasteiger partial charge in [0.25, 0.3) is 5.91 Å². The zero-order chi connectivity index (χ0) is 14.5. The molecule has 2 aromatic rings. The van der Waals surface area contributed by atoms with Crippen molar-refractivity contribution in [2.75, 3.05) is 19.6 Å². The Kier molecular flexibility index (Phi) is 6.10. The minimum Gasteiger partial charge on any atom is -0.352 e. The molecule has 118 valence electrons. The molecule has 1 fully saturated rings. The van der Waals surface area contributed by atoms with E-state index in [2.05, 4.69) is 20.6 Å². The predicted octanol–water partition coefficient (Wildman–Crippen LogP) is 2.17. The fraction of sp³-hybridized carbons (Fsp3) is 0.438. The number of fused-ring (bicyclic) bond motifs is 1. The quantitative estimate of drug-likeness (QED) is 0.906. The van der Waals surface area contributed by atoms with E-state index in [1.54, 1.807) is 18.5 Å². The number of para-hydroxylation sites is 1. The van der Waals surface area contributed by atoms with Crippen molar-refractivity contribution < 1.29 is 4.79 Å². The Hall–Kier alpha value is -1.72. The summed E-state index contributed by atoms with van der Waals surface area (Å²) in [5, 5.41) is 6.40. The molecule has 2 N–H and O–H groups in total. The summed E-state index contributed by atoms with van der Waals surface area (Å²) in [6.45, 7) is 2.90. The highest BCUT2D eigenvalue weighted by Crippen LogP contribution is 2.15. The summed E-state index contributed by atoms with van der Waals surface area (Å²) in [5.41, 5.74) is 2.01. The molecular formula is C16H21ClN4O. The van der Waals surface area contributed by atoms with E-state index in [4.69, 9.17) is 0 Å². The molecule has 1 unspecified atom stereocenters. The summed E-state index contributed by atoms with van der Waals surface area (Å²) in [4.78, 5) is 20.8. The van der Waals surface area contributed by atoms with Crippen molar-refractivity contribution in [2.45, 2.75) is 19.3 Å². The van der Waals surface area contributed by atoms with E-state index >= 15 is 0 Å². The van der Waals surface area contributed by atoms with Crippen LogP contribution >= 0.6 is 12.4 Å². The van der Waals surface area contributed by atoms with Crippen LogP contribution in [-0.2, 0) is 0 Å². The molecule has 1 aromatic heterocycles. The van der Waals surface area contributed by atoms with Gasteiger partial charge >= 0.3 is 0 Å². The van der Waals surface area contributed by atoms with Crippen LogP contribution in [0.4, 0.5) is 0 Å². The Balaban J connectivity index is 0.00000176. The first kappa shape index (κ1) is 16.6. The summed E-state index contributed by atoms with van der Waals surface area (Å²) >= 11 is 0. The third-order valence-corrected chi connectivity index (χ3v) is 3.98. The lowest BCUT2D eigenvalue weighted by Gasteiger charge is -2.22. The SMILES string of the molecule is Cl.O=C(NCCC1CCCNC1)c1cccc2nccnc12. The molecule has 2 heterocycles. The predicted molar refractivity (Wildman–Crippen MR) is 89.3 cm³/mol. The Morgan fingerprint density at radius 3 is 3.00 bits per heavy atom. The number of benzene rings is 1. The number of nitrogens with one attached hydrogen (secondary N) is 2. The van der Waals surface area contributed by atoms with Gasteiger partial charge in [-0.2, -0.15) is 0 Å². The van der Waals surface area contributed by atoms with Crippen LogP contribution in [0.1, 0.15) is 29.6 Å². The highest BCUT2D eigenvalue weighted by molar-refractivity contribution is 6.04. The second kappa shape index (κ2) is 8.06. The zero-order valence-electron chi connectivity index (χ0n) is 12.4. The first-order chi connectivity index (χ1) is 10.3. The summed E-state index contributed by atoms with van der Waals surface area (Å²) < 4.78 is 0. The summed E-state index contributed by atoms with van der Waals surface area (Å²) in [6, 6.07) is 5.51. The molecule has 6 heteroatoms. The van der Waals surface area contributed by atoms with E-state index in [0.29, 0.717) is 23.5 Å². The smallest absolute Gasteiger partial charge is 0.253 e. The lowest BCUT2D eigenvalue weighted by atomic mass is 9.96. The Morgan fingerprint density at radius 2 is 2.18 bits per heavy atom. The van der Waals surface area contributed by atoms with Crippen molar-refractivity contribution in [1.82, 2.24) is 20.6 Å². The molecule has 0 aliphatic carbocycles. The minimum absolute atomic E-state index is 0. The van der Waals surface area contributed by atoms with Crippen molar-refractivity contribution in [1.29, 1.82) is 0 Å². The number of amides is 1. The van der Waals surface area contributed by atoms with Crippen molar-refractivity contribution >= 4 is 29.3 Å². The van der Waals surface area contributed by atoms with Crippen LogP contribution < -0.4 is 10.6 Å². The lowest BCUT2D eigenvalue weighted by Crippen LogP contribution is -2.33. The van der Waals surface area contributed by atoms with E-state index in [9.17, 15) is 4.79 Å². The molecule has 1 aliphatic rings. The molecule has 1 aliphatic heterocycles. The number of hydrogen-bond donors (Lipinski definition) is 2. The van der Waals surface area contributed by atoms with Crippen LogP contribution in [0.5, 0.6) is 0 Å². The average Bonchev–Trinajstić information content (AvgIpc) is 2.55. The number of halogens is 1. The fourth-order valence-electron chi connectivity index (χ4n) is 2.83. The maximum atomic E-state index is 12.3. The molecule has 1 atom stereocenters. The van der Waals surface area contributed by atoms with Crippen LogP contribution in [-0.4, -0.2) is 35.5 Å². The Bertz CT molecular complexity index is 623. The maximum Gasteiger partial charge on any atom is 0.253 e. The molecule has 1 amide bonds. The number of hydrogen-bond acceptors (Lipinski definition) is 4. The number of rotatable bonds is 4. The normalized spacial score (nSPS) is 17.7. The average molecular weight is 321 g/mol. The highest BCUT2D eigenvalue weighted by Gasteiger charge is 2.14. The van der Waals surface area contributed by atoms with Gasteiger partial charge in [0, 0.05) is 18.9 Å². The van der Waals surface area contributed by atoms with Gasteiger partial charge in [0.1, 0.15) is 5.52 Å². The van der Waals surface area contributed by atoms with Gasteiger partial charge in [-0.25, -0.2) is 0 Å². The monoisotopic (exact) mass is 320 g/mol. The first-order valence-electron chi connectivity index (χ1n) is 7.53. The summed E-state index contributed by atoms with van der Waals surface area (Å²) in [7, 11) is 0. The van der Waals surface area contributed by atoms with E-state index < -0.39 is 0 Å². The van der Waals surface area contributed by atoms with Gasteiger partial charge in [0.15, 0.2) is 0 Å². The van der Waals surface area contributed by atoms with Crippen molar-refractivity contribution in [3.05, 3.63) is 36.2 Å². The van der Waals surface area contributed by atoms with Gasteiger partial charge < -0.3 is 10.6 Å². The van der Waals surface area contributed by atoms with Crippen LogP contribution in [0.2, 0.25) is 0 Å². The molecule has 0 spiro atoms. The number of aromatic nitrogens is 2. The Morgan fingerprint density at radius 1 is 1.32 bits per heavy atom. The van der Waals surface area contributed by atoms with Crippen molar-refractivity contribution in [3.63, 3.8) is 0 Å². The van der Waals surface area contributed by atoms with Gasteiger partial charge in [0.2, 0.25) is 0 Å². The van der Waals surface area contributed by atoms with Gasteiger partial charge in [-0.3, -0.25) is 14.8 Å². The third kappa shape index (κ3) is 3.93. The van der Waals surface area contributed by atoms with Gasteiger partial charge in [0.05, 0.1) is 11.1 Å². The fourth-order valence-corrected chi connectivity index (χ4v) is 2.83. The van der Waals surface area contributed by atoms with Crippen LogP contribution in [0.3, 0.4) is 0 Å². The standard InChI is InChI=1S/C16H20N4O.ClH/c21-16(20-8-6-12-3-2-7-17-11-12)13-4-1-5-14-15(13)19-10-9-18-14;/h1,4-5,9-10,12,17H,2-3,6-8,11H2,(H,20,21);1H. The van der Waals surface area contributed by atoms with E-state index in [0.717, 1.165) is 25.0 Å². The molecule has 0 saturated carbocycles. The Labute approximate surface area is 136 Å². The maximum absolute atomic E-state index is 12.3. The zero-order valence-corrected chi connectivity index (χ0v) is 13.2. The largest absolute Gasteiger partial charge is 0.352 e. The van der Waals surface area contributed by atoms with E-state index in [-0.39, 0.29) is 18.3 Å². The number of nitrogens with zero attached hydrogens (tertiary/aromatic N) is 2. The lowest BCUT2D eigenvalue weighted by molar-refractivity contribution is 0.0952. The molecule has 1 saturated heterocycles. The topological polar surface area (TPSA) is 66.9 Å². The van der Waals surface area contributed by atoms with E-state index in [1.165, 1.54) is 12.8 Å². The number of carbonyl (C=O) groups is 1. The molecule has 0 bridgehead atoms. The minimum atomic E-state index is -0.0649. The second-order valence-corrected chi connectivity index (χ2v) is 5.49. The van der Waals surface area contributed by atoms with Crippen molar-refractivity contribution in [3.8, 4) is 0 Å². The molecule has 0 radical (unpaired) electrons. The molecule has 5 nitrogen and oxygen atoms in total.